The summed E-state index contributed by atoms with van der Waals surface area (Å²) in [4.78, 5) is 7.03. The van der Waals surface area contributed by atoms with Crippen LogP contribution in [0.4, 0.5) is 17.1 Å². The normalized spacial score (nSPS) is 11.5. The number of hydrogen-bond acceptors (Lipinski definition) is 3. The Kier molecular flexibility index (Phi) is 5.14. The molecule has 0 saturated heterocycles. The molecule has 0 unspecified atom stereocenters. The van der Waals surface area contributed by atoms with Crippen LogP contribution >= 0.6 is 0 Å². The molecular weight excluding hydrogens is 488 g/mol. The predicted molar refractivity (Wildman–Crippen MR) is 167 cm³/mol. The summed E-state index contributed by atoms with van der Waals surface area (Å²) in [6.45, 7) is 0. The molecule has 0 bridgehead atoms. The second-order valence-corrected chi connectivity index (χ2v) is 10.1. The summed E-state index contributed by atoms with van der Waals surface area (Å²) in [5, 5.41) is 7.03. The number of pyridine rings is 1. The van der Waals surface area contributed by atoms with Crippen molar-refractivity contribution in [2.45, 2.75) is 0 Å². The Morgan fingerprint density at radius 3 is 2.00 bits per heavy atom. The highest BCUT2D eigenvalue weighted by Gasteiger charge is 2.17. The number of anilines is 3. The maximum Gasteiger partial charge on any atom is 0.227 e. The fourth-order valence-electron chi connectivity index (χ4n) is 5.74. The lowest BCUT2D eigenvalue weighted by molar-refractivity contribution is 0.654. The first-order chi connectivity index (χ1) is 19.8. The summed E-state index contributed by atoms with van der Waals surface area (Å²) in [5.74, 6) is 0. The molecule has 40 heavy (non-hydrogen) atoms. The van der Waals surface area contributed by atoms with Crippen LogP contribution in [0.5, 0.6) is 0 Å². The van der Waals surface area contributed by atoms with E-state index < -0.39 is 0 Å². The van der Waals surface area contributed by atoms with E-state index in [1.807, 2.05) is 30.5 Å². The van der Waals surface area contributed by atoms with Crippen molar-refractivity contribution >= 4 is 60.7 Å². The van der Waals surface area contributed by atoms with E-state index in [0.717, 1.165) is 33.4 Å². The van der Waals surface area contributed by atoms with Gasteiger partial charge in [0.2, 0.25) is 5.71 Å². The molecule has 2 heterocycles. The van der Waals surface area contributed by atoms with Crippen molar-refractivity contribution in [1.29, 1.82) is 0 Å². The average molecular weight is 513 g/mol. The second kappa shape index (κ2) is 9.11. The molecule has 0 spiro atoms. The van der Waals surface area contributed by atoms with Crippen LogP contribution in [0.3, 0.4) is 0 Å². The maximum atomic E-state index is 6.03. The van der Waals surface area contributed by atoms with Crippen LogP contribution < -0.4 is 4.90 Å². The molecule has 0 aliphatic rings. The average Bonchev–Trinajstić information content (AvgIpc) is 3.40. The SMILES string of the molecule is c1ccc(-c2ccc(N(c3ccc4c(ccc5ccccc54)c3)c3cnc4oc5ccccc5c4c3)cc2)cc1. The minimum Gasteiger partial charge on any atom is -0.438 e. The largest absolute Gasteiger partial charge is 0.438 e. The summed E-state index contributed by atoms with van der Waals surface area (Å²) in [6.07, 6.45) is 1.90. The molecule has 3 heteroatoms. The number of para-hydroxylation sites is 1. The number of nitrogens with zero attached hydrogens (tertiary/aromatic N) is 2. The zero-order chi connectivity index (χ0) is 26.5. The molecule has 8 rings (SSSR count). The first-order valence-corrected chi connectivity index (χ1v) is 13.5. The first kappa shape index (κ1) is 22.6. The van der Waals surface area contributed by atoms with Gasteiger partial charge in [0.15, 0.2) is 0 Å². The van der Waals surface area contributed by atoms with E-state index in [0.29, 0.717) is 5.71 Å². The van der Waals surface area contributed by atoms with E-state index in [2.05, 4.69) is 120 Å². The Balaban J connectivity index is 1.32. The fraction of sp³-hybridized carbons (Fsp3) is 0. The third-order valence-electron chi connectivity index (χ3n) is 7.70. The Morgan fingerprint density at radius 1 is 0.450 bits per heavy atom. The molecule has 0 aliphatic heterocycles. The van der Waals surface area contributed by atoms with Gasteiger partial charge >= 0.3 is 0 Å². The van der Waals surface area contributed by atoms with Crippen LogP contribution in [-0.2, 0) is 0 Å². The highest BCUT2D eigenvalue weighted by atomic mass is 16.3. The first-order valence-electron chi connectivity index (χ1n) is 13.5. The summed E-state index contributed by atoms with van der Waals surface area (Å²) < 4.78 is 6.03. The van der Waals surface area contributed by atoms with Crippen LogP contribution in [0.1, 0.15) is 0 Å². The topological polar surface area (TPSA) is 29.3 Å². The van der Waals surface area contributed by atoms with Gasteiger partial charge in [-0.1, -0.05) is 103 Å². The van der Waals surface area contributed by atoms with Crippen LogP contribution in [0.2, 0.25) is 0 Å². The highest BCUT2D eigenvalue weighted by molar-refractivity contribution is 6.09. The monoisotopic (exact) mass is 512 g/mol. The van der Waals surface area contributed by atoms with Gasteiger partial charge in [0.25, 0.3) is 0 Å². The Bertz CT molecular complexity index is 2160. The third kappa shape index (κ3) is 3.71. The van der Waals surface area contributed by atoms with E-state index >= 15 is 0 Å². The van der Waals surface area contributed by atoms with Crippen LogP contribution in [-0.4, -0.2) is 4.98 Å². The van der Waals surface area contributed by atoms with Gasteiger partial charge in [-0.05, 0) is 69.1 Å². The molecule has 0 atom stereocenters. The number of fused-ring (bicyclic) bond motifs is 6. The molecule has 0 aliphatic carbocycles. The van der Waals surface area contributed by atoms with E-state index in [1.54, 1.807) is 0 Å². The molecule has 6 aromatic carbocycles. The number of benzene rings is 6. The molecular formula is C37H24N2O. The Labute approximate surface area is 231 Å². The van der Waals surface area contributed by atoms with Gasteiger partial charge < -0.3 is 9.32 Å². The van der Waals surface area contributed by atoms with Gasteiger partial charge in [-0.15, -0.1) is 0 Å². The van der Waals surface area contributed by atoms with Crippen molar-refractivity contribution in [3.8, 4) is 11.1 Å². The second-order valence-electron chi connectivity index (χ2n) is 10.1. The number of rotatable bonds is 4. The van der Waals surface area contributed by atoms with Crippen molar-refractivity contribution in [3.63, 3.8) is 0 Å². The van der Waals surface area contributed by atoms with Crippen LogP contribution in [0.25, 0.3) is 54.7 Å². The zero-order valence-electron chi connectivity index (χ0n) is 21.7. The molecule has 2 aromatic heterocycles. The smallest absolute Gasteiger partial charge is 0.227 e. The molecule has 188 valence electrons. The van der Waals surface area contributed by atoms with E-state index in [1.165, 1.54) is 32.7 Å². The Morgan fingerprint density at radius 2 is 1.12 bits per heavy atom. The third-order valence-corrected chi connectivity index (χ3v) is 7.70. The molecule has 0 amide bonds. The molecule has 0 fully saturated rings. The molecule has 0 saturated carbocycles. The number of furan rings is 1. The van der Waals surface area contributed by atoms with Gasteiger partial charge in [0.05, 0.1) is 17.3 Å². The summed E-state index contributed by atoms with van der Waals surface area (Å²) in [7, 11) is 0. The molecule has 0 radical (unpaired) electrons. The van der Waals surface area contributed by atoms with Crippen LogP contribution in [0, 0.1) is 0 Å². The van der Waals surface area contributed by atoms with E-state index in [-0.39, 0.29) is 0 Å². The predicted octanol–water partition coefficient (Wildman–Crippen LogP) is 10.4. The molecule has 8 aromatic rings. The van der Waals surface area contributed by atoms with Gasteiger partial charge in [-0.2, -0.15) is 0 Å². The Hall–Kier alpha value is -5.41. The lowest BCUT2D eigenvalue weighted by Crippen LogP contribution is -2.10. The summed E-state index contributed by atoms with van der Waals surface area (Å²) in [6, 6.07) is 49.2. The lowest BCUT2D eigenvalue weighted by Gasteiger charge is -2.26. The van der Waals surface area contributed by atoms with Crippen molar-refractivity contribution in [1.82, 2.24) is 4.98 Å². The van der Waals surface area contributed by atoms with Crippen molar-refractivity contribution in [3.05, 3.63) is 146 Å². The molecule has 0 N–H and O–H groups in total. The van der Waals surface area contributed by atoms with E-state index in [9.17, 15) is 0 Å². The minimum atomic E-state index is 0.648. The lowest BCUT2D eigenvalue weighted by atomic mass is 10.0. The highest BCUT2D eigenvalue weighted by Crippen LogP contribution is 2.40. The summed E-state index contributed by atoms with van der Waals surface area (Å²) >= 11 is 0. The van der Waals surface area contributed by atoms with E-state index in [4.69, 9.17) is 9.40 Å². The fourth-order valence-corrected chi connectivity index (χ4v) is 5.74. The minimum absolute atomic E-state index is 0.648. The van der Waals surface area contributed by atoms with Gasteiger partial charge in [0.1, 0.15) is 5.58 Å². The number of aromatic nitrogens is 1. The molecule has 3 nitrogen and oxygen atoms in total. The van der Waals surface area contributed by atoms with Gasteiger partial charge in [0, 0.05) is 16.8 Å². The standard InChI is InChI=1S/C37H24N2O/c1-2-8-25(9-3-1)26-16-18-29(19-17-26)39(31-23-35-34-12-6-7-13-36(34)40-37(35)38-24-31)30-20-21-33-28(22-30)15-14-27-10-4-5-11-32(27)33/h1-24H. The van der Waals surface area contributed by atoms with Gasteiger partial charge in [-0.3, -0.25) is 0 Å². The van der Waals surface area contributed by atoms with Gasteiger partial charge in [-0.25, -0.2) is 4.98 Å². The number of hydrogen-bond donors (Lipinski definition) is 0. The van der Waals surface area contributed by atoms with Crippen molar-refractivity contribution in [2.75, 3.05) is 4.90 Å². The van der Waals surface area contributed by atoms with Crippen molar-refractivity contribution in [2.24, 2.45) is 0 Å². The quantitative estimate of drug-likeness (QED) is 0.220. The van der Waals surface area contributed by atoms with Crippen LogP contribution in [0.15, 0.2) is 150 Å². The maximum absolute atomic E-state index is 6.03. The summed E-state index contributed by atoms with van der Waals surface area (Å²) in [5.41, 5.74) is 6.99. The van der Waals surface area contributed by atoms with Crippen molar-refractivity contribution < 1.29 is 4.42 Å². The zero-order valence-corrected chi connectivity index (χ0v) is 21.7.